The van der Waals surface area contributed by atoms with Crippen LogP contribution >= 0.6 is 15.9 Å². The van der Waals surface area contributed by atoms with Crippen LogP contribution in [-0.2, 0) is 9.84 Å². The topological polar surface area (TPSA) is 115 Å². The zero-order valence-corrected chi connectivity index (χ0v) is 17.5. The number of sulfone groups is 1. The Bertz CT molecular complexity index is 844. The molecule has 0 saturated heterocycles. The number of benzene rings is 1. The van der Waals surface area contributed by atoms with Crippen LogP contribution in [0.4, 0.5) is 0 Å². The number of aromatic hydroxyl groups is 1. The van der Waals surface area contributed by atoms with Crippen molar-refractivity contribution in [1.29, 1.82) is 0 Å². The Kier molecular flexibility index (Phi) is 7.64. The van der Waals surface area contributed by atoms with Crippen molar-refractivity contribution in [3.8, 4) is 5.75 Å². The molecule has 1 aromatic carbocycles. The summed E-state index contributed by atoms with van der Waals surface area (Å²) in [7, 11) is -3.59. The molecular weight excluding hydrogens is 436 g/mol. The summed E-state index contributed by atoms with van der Waals surface area (Å²) in [6.07, 6.45) is 2.24. The Morgan fingerprint density at radius 3 is 2.67 bits per heavy atom. The van der Waals surface area contributed by atoms with Crippen molar-refractivity contribution < 1.29 is 28.8 Å². The van der Waals surface area contributed by atoms with Crippen LogP contribution in [-0.4, -0.2) is 59.2 Å². The van der Waals surface area contributed by atoms with Gasteiger partial charge in [-0.2, -0.15) is 0 Å². The molecule has 1 aromatic rings. The molecule has 4 N–H and O–H groups in total. The fourth-order valence-corrected chi connectivity index (χ4v) is 5.60. The Morgan fingerprint density at radius 1 is 1.37 bits per heavy atom. The number of halogens is 1. The van der Waals surface area contributed by atoms with E-state index in [4.69, 9.17) is 0 Å². The van der Waals surface area contributed by atoms with Crippen LogP contribution in [0.15, 0.2) is 39.4 Å². The summed E-state index contributed by atoms with van der Waals surface area (Å²) in [6.45, 7) is 0.896. The van der Waals surface area contributed by atoms with E-state index in [9.17, 15) is 28.8 Å². The summed E-state index contributed by atoms with van der Waals surface area (Å²) >= 11 is 3.36. The van der Waals surface area contributed by atoms with E-state index in [0.717, 1.165) is 10.0 Å². The number of phenolic OH excluding ortho intramolecular Hbond substituents is 1. The van der Waals surface area contributed by atoms with Crippen LogP contribution in [0.2, 0.25) is 0 Å². The van der Waals surface area contributed by atoms with Gasteiger partial charge in [-0.1, -0.05) is 34.5 Å². The average Bonchev–Trinajstić information content (AvgIpc) is 2.90. The molecule has 2 rings (SSSR count). The molecule has 0 radical (unpaired) electrons. The SMILES string of the molecule is CC/C(=C\c1cc(Br)ccc1O)CC[C@@H](O)C1=C(CO)CS(=O)(=O)[C@H]1CO. The van der Waals surface area contributed by atoms with E-state index >= 15 is 0 Å². The van der Waals surface area contributed by atoms with Gasteiger partial charge in [0, 0.05) is 10.0 Å². The quantitative estimate of drug-likeness (QED) is 0.441. The zero-order chi connectivity index (χ0) is 20.2. The molecule has 2 atom stereocenters. The van der Waals surface area contributed by atoms with Crippen LogP contribution < -0.4 is 0 Å². The Hall–Kier alpha value is -1.19. The molecule has 0 bridgehead atoms. The van der Waals surface area contributed by atoms with Gasteiger partial charge in [-0.25, -0.2) is 8.42 Å². The van der Waals surface area contributed by atoms with Crippen molar-refractivity contribution in [3.63, 3.8) is 0 Å². The third kappa shape index (κ3) is 5.20. The molecule has 0 aromatic heterocycles. The Balaban J connectivity index is 2.18. The monoisotopic (exact) mass is 460 g/mol. The number of allylic oxidation sites excluding steroid dienone is 1. The third-order valence-corrected chi connectivity index (χ3v) is 7.34. The second-order valence-electron chi connectivity index (χ2n) is 6.61. The number of hydrogen-bond donors (Lipinski definition) is 4. The number of aliphatic hydroxyl groups excluding tert-OH is 3. The van der Waals surface area contributed by atoms with Crippen molar-refractivity contribution in [2.24, 2.45) is 0 Å². The molecule has 27 heavy (non-hydrogen) atoms. The molecule has 0 saturated carbocycles. The van der Waals surface area contributed by atoms with Gasteiger partial charge in [0.2, 0.25) is 0 Å². The van der Waals surface area contributed by atoms with Gasteiger partial charge in [0.1, 0.15) is 11.0 Å². The van der Waals surface area contributed by atoms with E-state index in [0.29, 0.717) is 18.4 Å². The lowest BCUT2D eigenvalue weighted by atomic mass is 9.94. The fraction of sp³-hybridized carbons (Fsp3) is 0.474. The minimum Gasteiger partial charge on any atom is -0.507 e. The number of aliphatic hydroxyl groups is 3. The lowest BCUT2D eigenvalue weighted by Gasteiger charge is -2.19. The lowest BCUT2D eigenvalue weighted by molar-refractivity contribution is 0.186. The Morgan fingerprint density at radius 2 is 2.07 bits per heavy atom. The summed E-state index contributed by atoms with van der Waals surface area (Å²) in [5, 5.41) is 38.3. The van der Waals surface area contributed by atoms with Gasteiger partial charge in [-0.05, 0) is 48.6 Å². The molecule has 0 amide bonds. The number of hydrogen-bond acceptors (Lipinski definition) is 6. The fourth-order valence-electron chi connectivity index (χ4n) is 3.34. The summed E-state index contributed by atoms with van der Waals surface area (Å²) in [6, 6.07) is 5.12. The van der Waals surface area contributed by atoms with E-state index in [1.54, 1.807) is 18.2 Å². The van der Waals surface area contributed by atoms with Gasteiger partial charge >= 0.3 is 0 Å². The Labute approximate surface area is 167 Å². The summed E-state index contributed by atoms with van der Waals surface area (Å²) in [4.78, 5) is 0. The molecule has 150 valence electrons. The first-order valence-electron chi connectivity index (χ1n) is 8.74. The standard InChI is InChI=1S/C19H25BrO6S/c1-2-12(7-13-8-15(20)4-6-16(13)23)3-5-17(24)19-14(9-21)11-27(25,26)18(19)10-22/h4,6-8,17-18,21-24H,2-3,5,9-11H2,1H3/b12-7+/t17-,18+/m1/s1. The molecule has 0 aliphatic carbocycles. The highest BCUT2D eigenvalue weighted by Crippen LogP contribution is 2.32. The maximum Gasteiger partial charge on any atom is 0.163 e. The smallest absolute Gasteiger partial charge is 0.163 e. The molecular formula is C19H25BrO6S. The zero-order valence-electron chi connectivity index (χ0n) is 15.1. The van der Waals surface area contributed by atoms with Gasteiger partial charge in [0.15, 0.2) is 9.84 Å². The second-order valence-corrected chi connectivity index (χ2v) is 9.71. The second kappa shape index (κ2) is 9.34. The normalized spacial score (nSPS) is 20.9. The molecule has 6 nitrogen and oxygen atoms in total. The van der Waals surface area contributed by atoms with Crippen molar-refractivity contribution in [3.05, 3.63) is 45.0 Å². The minimum atomic E-state index is -3.59. The highest BCUT2D eigenvalue weighted by atomic mass is 79.9. The van der Waals surface area contributed by atoms with Crippen LogP contribution in [0, 0.1) is 0 Å². The first-order chi connectivity index (χ1) is 12.7. The highest BCUT2D eigenvalue weighted by molar-refractivity contribution is 9.10. The maximum absolute atomic E-state index is 12.1. The van der Waals surface area contributed by atoms with E-state index in [1.165, 1.54) is 0 Å². The molecule has 1 heterocycles. The largest absolute Gasteiger partial charge is 0.507 e. The van der Waals surface area contributed by atoms with E-state index in [1.807, 2.05) is 13.0 Å². The molecule has 0 unspecified atom stereocenters. The van der Waals surface area contributed by atoms with Crippen molar-refractivity contribution in [1.82, 2.24) is 0 Å². The van der Waals surface area contributed by atoms with Crippen LogP contribution in [0.25, 0.3) is 6.08 Å². The molecule has 1 aliphatic rings. The maximum atomic E-state index is 12.1. The first kappa shape index (κ1) is 22.1. The minimum absolute atomic E-state index is 0.150. The molecule has 0 fully saturated rings. The van der Waals surface area contributed by atoms with Gasteiger partial charge < -0.3 is 20.4 Å². The van der Waals surface area contributed by atoms with Crippen molar-refractivity contribution in [2.45, 2.75) is 37.5 Å². The summed E-state index contributed by atoms with van der Waals surface area (Å²) in [5.74, 6) is -0.180. The summed E-state index contributed by atoms with van der Waals surface area (Å²) < 4.78 is 25.1. The molecule has 0 spiro atoms. The van der Waals surface area contributed by atoms with E-state index in [-0.39, 0.29) is 29.1 Å². The van der Waals surface area contributed by atoms with Gasteiger partial charge in [-0.15, -0.1) is 0 Å². The predicted octanol–water partition coefficient (Wildman–Crippen LogP) is 2.17. The van der Waals surface area contributed by atoms with Crippen molar-refractivity contribution in [2.75, 3.05) is 19.0 Å². The predicted molar refractivity (Wildman–Crippen MR) is 108 cm³/mol. The first-order valence-corrected chi connectivity index (χ1v) is 11.2. The third-order valence-electron chi connectivity index (χ3n) is 4.82. The van der Waals surface area contributed by atoms with E-state index < -0.39 is 34.4 Å². The van der Waals surface area contributed by atoms with Gasteiger partial charge in [0.25, 0.3) is 0 Å². The summed E-state index contributed by atoms with van der Waals surface area (Å²) in [5.41, 5.74) is 2.13. The molecule has 1 aliphatic heterocycles. The van der Waals surface area contributed by atoms with Crippen molar-refractivity contribution >= 4 is 31.8 Å². The number of rotatable bonds is 8. The van der Waals surface area contributed by atoms with Crippen LogP contribution in [0.5, 0.6) is 5.75 Å². The highest BCUT2D eigenvalue weighted by Gasteiger charge is 2.40. The van der Waals surface area contributed by atoms with Gasteiger partial charge in [-0.3, -0.25) is 0 Å². The van der Waals surface area contributed by atoms with E-state index in [2.05, 4.69) is 15.9 Å². The van der Waals surface area contributed by atoms with Gasteiger partial charge in [0.05, 0.1) is 25.1 Å². The van der Waals surface area contributed by atoms with Crippen LogP contribution in [0.1, 0.15) is 31.7 Å². The average molecular weight is 461 g/mol. The van der Waals surface area contributed by atoms with Crippen LogP contribution in [0.3, 0.4) is 0 Å². The molecule has 8 heteroatoms. The number of phenols is 1. The lowest BCUT2D eigenvalue weighted by Crippen LogP contribution is -2.29.